The van der Waals surface area contributed by atoms with Crippen LogP contribution in [0, 0.1) is 0 Å². The molecule has 1 aliphatic rings. The van der Waals surface area contributed by atoms with E-state index in [-0.39, 0.29) is 21.0 Å². The Morgan fingerprint density at radius 1 is 1.06 bits per heavy atom. The predicted molar refractivity (Wildman–Crippen MR) is 142 cm³/mol. The van der Waals surface area contributed by atoms with E-state index in [0.717, 1.165) is 11.3 Å². The van der Waals surface area contributed by atoms with E-state index in [1.165, 1.54) is 18.2 Å². The van der Waals surface area contributed by atoms with Gasteiger partial charge in [0.25, 0.3) is 0 Å². The van der Waals surface area contributed by atoms with E-state index < -0.39 is 16.1 Å². The van der Waals surface area contributed by atoms with Gasteiger partial charge in [0.1, 0.15) is 10.6 Å². The SMILES string of the molecule is CCOc1ccc(C2CC(C(NS(=O)(=O)c3cccc(Cl)c3Cl)c3ccc(Cl)cc3Cl)=NN2)cc1. The van der Waals surface area contributed by atoms with Crippen molar-refractivity contribution in [1.29, 1.82) is 0 Å². The molecule has 0 saturated heterocycles. The van der Waals surface area contributed by atoms with E-state index in [9.17, 15) is 8.42 Å². The number of nitrogens with zero attached hydrogens (tertiary/aromatic N) is 1. The Bertz CT molecular complexity index is 1360. The normalized spacial score (nSPS) is 16.5. The molecule has 3 aromatic rings. The van der Waals surface area contributed by atoms with Crippen LogP contribution < -0.4 is 14.9 Å². The van der Waals surface area contributed by atoms with Gasteiger partial charge in [-0.2, -0.15) is 9.82 Å². The van der Waals surface area contributed by atoms with Crippen LogP contribution in [0.4, 0.5) is 0 Å². The van der Waals surface area contributed by atoms with Gasteiger partial charge in [0.05, 0.1) is 34.4 Å². The summed E-state index contributed by atoms with van der Waals surface area (Å²) < 4.78 is 34.9. The van der Waals surface area contributed by atoms with Crippen LogP contribution in [0.5, 0.6) is 5.75 Å². The van der Waals surface area contributed by atoms with Gasteiger partial charge in [-0.05, 0) is 54.4 Å². The molecule has 35 heavy (non-hydrogen) atoms. The molecule has 6 nitrogen and oxygen atoms in total. The van der Waals surface area contributed by atoms with E-state index in [2.05, 4.69) is 15.2 Å². The number of ether oxygens (including phenoxy) is 1. The lowest BCUT2D eigenvalue weighted by Gasteiger charge is -2.21. The smallest absolute Gasteiger partial charge is 0.243 e. The molecule has 1 heterocycles. The summed E-state index contributed by atoms with van der Waals surface area (Å²) in [5.74, 6) is 0.771. The molecule has 0 aliphatic carbocycles. The molecule has 0 amide bonds. The molecule has 3 aromatic carbocycles. The third kappa shape index (κ3) is 5.88. The molecule has 2 N–H and O–H groups in total. The third-order valence-corrected chi connectivity index (χ3v) is 8.41. The second-order valence-electron chi connectivity index (χ2n) is 7.76. The first-order valence-corrected chi connectivity index (χ1v) is 13.6. The van der Waals surface area contributed by atoms with Crippen molar-refractivity contribution in [3.8, 4) is 5.75 Å². The standard InChI is InChI=1S/C24H21Cl4N3O3S/c1-2-34-16-9-6-14(7-10-16)20-13-21(30-29-20)24(17-11-8-15(25)12-19(17)27)31-35(32,33)22-5-3-4-18(26)23(22)28/h3-12,20,24,29,31H,2,13H2,1H3. The van der Waals surface area contributed by atoms with Crippen LogP contribution in [0.15, 0.2) is 70.7 Å². The van der Waals surface area contributed by atoms with Crippen LogP contribution in [-0.4, -0.2) is 20.7 Å². The summed E-state index contributed by atoms with van der Waals surface area (Å²) in [5.41, 5.74) is 5.13. The maximum atomic E-state index is 13.4. The van der Waals surface area contributed by atoms with E-state index in [1.807, 2.05) is 31.2 Å². The summed E-state index contributed by atoms with van der Waals surface area (Å²) in [6, 6.07) is 15.9. The van der Waals surface area contributed by atoms with E-state index in [0.29, 0.717) is 34.3 Å². The highest BCUT2D eigenvalue weighted by Crippen LogP contribution is 2.35. The second-order valence-corrected chi connectivity index (χ2v) is 11.1. The van der Waals surface area contributed by atoms with E-state index in [1.54, 1.807) is 18.2 Å². The molecular formula is C24H21Cl4N3O3S. The first kappa shape index (κ1) is 26.1. The van der Waals surface area contributed by atoms with Gasteiger partial charge in [-0.3, -0.25) is 0 Å². The van der Waals surface area contributed by atoms with Gasteiger partial charge in [0.15, 0.2) is 0 Å². The van der Waals surface area contributed by atoms with E-state index >= 15 is 0 Å². The number of hydrogen-bond acceptors (Lipinski definition) is 5. The van der Waals surface area contributed by atoms with Crippen molar-refractivity contribution in [3.63, 3.8) is 0 Å². The molecule has 11 heteroatoms. The topological polar surface area (TPSA) is 79.8 Å². The second kappa shape index (κ2) is 10.9. The van der Waals surface area contributed by atoms with Crippen molar-refractivity contribution >= 4 is 62.1 Å². The number of rotatable bonds is 8. The van der Waals surface area contributed by atoms with Gasteiger partial charge < -0.3 is 10.2 Å². The Morgan fingerprint density at radius 2 is 1.80 bits per heavy atom. The molecule has 1 aliphatic heterocycles. The maximum absolute atomic E-state index is 13.4. The Labute approximate surface area is 224 Å². The summed E-state index contributed by atoms with van der Waals surface area (Å²) in [4.78, 5) is -0.142. The third-order valence-electron chi connectivity index (χ3n) is 5.46. The Morgan fingerprint density at radius 3 is 2.49 bits per heavy atom. The minimum Gasteiger partial charge on any atom is -0.494 e. The van der Waals surface area contributed by atoms with Crippen molar-refractivity contribution in [3.05, 3.63) is 91.9 Å². The minimum atomic E-state index is -4.10. The molecule has 0 bridgehead atoms. The largest absolute Gasteiger partial charge is 0.494 e. The summed E-state index contributed by atoms with van der Waals surface area (Å²) in [6.45, 7) is 2.50. The van der Waals surface area contributed by atoms with Crippen molar-refractivity contribution in [2.45, 2.75) is 30.3 Å². The van der Waals surface area contributed by atoms with Crippen molar-refractivity contribution in [2.75, 3.05) is 6.61 Å². The van der Waals surface area contributed by atoms with Crippen LogP contribution in [0.3, 0.4) is 0 Å². The highest BCUT2D eigenvalue weighted by Gasteiger charge is 2.33. The molecule has 0 spiro atoms. The van der Waals surface area contributed by atoms with Gasteiger partial charge in [0.2, 0.25) is 10.0 Å². The molecule has 4 rings (SSSR count). The van der Waals surface area contributed by atoms with Gasteiger partial charge in [-0.1, -0.05) is 70.7 Å². The summed E-state index contributed by atoms with van der Waals surface area (Å²) >= 11 is 24.8. The Kier molecular flexibility index (Phi) is 8.16. The van der Waals surface area contributed by atoms with Gasteiger partial charge >= 0.3 is 0 Å². The van der Waals surface area contributed by atoms with Crippen LogP contribution in [-0.2, 0) is 10.0 Å². The molecule has 0 radical (unpaired) electrons. The van der Waals surface area contributed by atoms with Crippen molar-refractivity contribution in [1.82, 2.24) is 10.1 Å². The monoisotopic (exact) mass is 571 g/mol. The van der Waals surface area contributed by atoms with Crippen LogP contribution in [0.1, 0.15) is 36.6 Å². The Balaban J connectivity index is 1.66. The van der Waals surface area contributed by atoms with Crippen LogP contribution in [0.2, 0.25) is 20.1 Å². The highest BCUT2D eigenvalue weighted by molar-refractivity contribution is 7.89. The van der Waals surface area contributed by atoms with Gasteiger partial charge in [-0.25, -0.2) is 8.42 Å². The fourth-order valence-corrected chi connectivity index (χ4v) is 6.24. The molecule has 2 unspecified atom stereocenters. The number of benzene rings is 3. The lowest BCUT2D eigenvalue weighted by Crippen LogP contribution is -2.34. The fraction of sp³-hybridized carbons (Fsp3) is 0.208. The van der Waals surface area contributed by atoms with Gasteiger partial charge in [0, 0.05) is 16.5 Å². The average molecular weight is 573 g/mol. The lowest BCUT2D eigenvalue weighted by atomic mass is 9.96. The highest BCUT2D eigenvalue weighted by atomic mass is 35.5. The lowest BCUT2D eigenvalue weighted by molar-refractivity contribution is 0.340. The van der Waals surface area contributed by atoms with Crippen molar-refractivity contribution in [2.24, 2.45) is 5.10 Å². The molecule has 0 aromatic heterocycles. The van der Waals surface area contributed by atoms with Gasteiger partial charge in [-0.15, -0.1) is 0 Å². The first-order valence-electron chi connectivity index (χ1n) is 10.7. The Hall–Kier alpha value is -2.00. The fourth-order valence-electron chi connectivity index (χ4n) is 3.76. The maximum Gasteiger partial charge on any atom is 0.243 e. The quantitative estimate of drug-likeness (QED) is 0.311. The zero-order valence-electron chi connectivity index (χ0n) is 18.4. The zero-order valence-corrected chi connectivity index (χ0v) is 22.3. The molecular weight excluding hydrogens is 552 g/mol. The summed E-state index contributed by atoms with van der Waals surface area (Å²) in [5, 5.41) is 5.26. The average Bonchev–Trinajstić information content (AvgIpc) is 3.30. The number of nitrogens with one attached hydrogen (secondary N) is 2. The number of sulfonamides is 1. The number of hydrogen-bond donors (Lipinski definition) is 2. The summed E-state index contributed by atoms with van der Waals surface area (Å²) in [6.07, 6.45) is 0.434. The summed E-state index contributed by atoms with van der Waals surface area (Å²) in [7, 11) is -4.10. The first-order chi connectivity index (χ1) is 16.7. The molecule has 2 atom stereocenters. The predicted octanol–water partition coefficient (Wildman–Crippen LogP) is 6.81. The number of hydrazone groups is 1. The molecule has 184 valence electrons. The molecule has 0 fully saturated rings. The molecule has 0 saturated carbocycles. The zero-order chi connectivity index (χ0) is 25.2. The number of halogens is 4. The minimum absolute atomic E-state index is 0.0682. The van der Waals surface area contributed by atoms with Crippen LogP contribution >= 0.6 is 46.4 Å². The van der Waals surface area contributed by atoms with Crippen molar-refractivity contribution < 1.29 is 13.2 Å². The van der Waals surface area contributed by atoms with Crippen LogP contribution in [0.25, 0.3) is 0 Å². The van der Waals surface area contributed by atoms with E-state index in [4.69, 9.17) is 51.1 Å².